The maximum atomic E-state index is 11.7. The average Bonchev–Trinajstić information content (AvgIpc) is 3.26. The van der Waals surface area contributed by atoms with Crippen molar-refractivity contribution in [2.75, 3.05) is 6.61 Å². The fourth-order valence-electron chi connectivity index (χ4n) is 3.21. The summed E-state index contributed by atoms with van der Waals surface area (Å²) in [5, 5.41) is 43.2. The minimum Gasteiger partial charge on any atom is -0.463 e. The van der Waals surface area contributed by atoms with Gasteiger partial charge in [0.1, 0.15) is 49.6 Å². The number of nitrogens with zero attached hydrogens (tertiary/aromatic N) is 4. The second-order valence-corrected chi connectivity index (χ2v) is 8.68. The zero-order valence-corrected chi connectivity index (χ0v) is 17.9. The number of fused-ring (bicyclic) bond motifs is 1. The van der Waals surface area contributed by atoms with Gasteiger partial charge in [0.15, 0.2) is 5.49 Å². The van der Waals surface area contributed by atoms with Crippen LogP contribution in [0.5, 0.6) is 0 Å². The van der Waals surface area contributed by atoms with Crippen LogP contribution in [0.1, 0.15) is 19.5 Å². The highest BCUT2D eigenvalue weighted by Gasteiger charge is 2.57. The van der Waals surface area contributed by atoms with Crippen molar-refractivity contribution in [3.63, 3.8) is 0 Å². The van der Waals surface area contributed by atoms with E-state index >= 15 is 0 Å². The standard InChI is InChI=1S/C17H22N5O9P/c1-9(2)16(25)29-5-11-13(23)14(24)17(6-18,31-11)12-4-3-10-15(19)21(7-20-22(10)12)8-30-32(26,27)28/h3-4,7,9,11,13-14,19,23-24H,5,8H2,1-2H3,(H2,26,27,28)/t11-,13-,14-,17+/m1/s1. The largest absolute Gasteiger partial charge is 0.471 e. The average molecular weight is 471 g/mol. The second-order valence-electron chi connectivity index (χ2n) is 7.44. The number of hydrogen-bond donors (Lipinski definition) is 5. The van der Waals surface area contributed by atoms with E-state index in [4.69, 9.17) is 24.7 Å². The molecule has 2 aromatic heterocycles. The van der Waals surface area contributed by atoms with E-state index in [2.05, 4.69) is 9.62 Å². The van der Waals surface area contributed by atoms with Gasteiger partial charge < -0.3 is 29.5 Å². The quantitative estimate of drug-likeness (QED) is 0.237. The number of aliphatic hydroxyl groups excluding tert-OH is 2. The molecular formula is C17H22N5O9P. The Morgan fingerprint density at radius 1 is 1.44 bits per heavy atom. The third-order valence-electron chi connectivity index (χ3n) is 4.92. The number of aliphatic hydroxyl groups is 2. The summed E-state index contributed by atoms with van der Waals surface area (Å²) < 4.78 is 28.1. The molecule has 174 valence electrons. The molecule has 2 aromatic rings. The third kappa shape index (κ3) is 4.32. The number of nitriles is 1. The van der Waals surface area contributed by atoms with Crippen LogP contribution in [0.2, 0.25) is 0 Å². The smallest absolute Gasteiger partial charge is 0.463 e. The van der Waals surface area contributed by atoms with E-state index in [1.165, 1.54) is 12.1 Å². The summed E-state index contributed by atoms with van der Waals surface area (Å²) in [5.41, 5.74) is -2.25. The first-order valence-electron chi connectivity index (χ1n) is 9.35. The van der Waals surface area contributed by atoms with Crippen molar-refractivity contribution < 1.29 is 43.4 Å². The molecule has 0 aliphatic carbocycles. The molecule has 0 amide bonds. The lowest BCUT2D eigenvalue weighted by molar-refractivity contribution is -0.154. The molecule has 4 atom stereocenters. The molecule has 15 heteroatoms. The number of nitrogens with one attached hydrogen (secondary N) is 1. The van der Waals surface area contributed by atoms with E-state index in [9.17, 15) is 24.8 Å². The molecule has 0 aromatic carbocycles. The zero-order chi connectivity index (χ0) is 23.8. The van der Waals surface area contributed by atoms with Gasteiger partial charge in [-0.3, -0.25) is 19.3 Å². The Kier molecular flexibility index (Phi) is 6.55. The van der Waals surface area contributed by atoms with Gasteiger partial charge in [0.25, 0.3) is 0 Å². The number of hydrogen-bond acceptors (Lipinski definition) is 10. The number of ether oxygens (including phenoxy) is 2. The highest BCUT2D eigenvalue weighted by atomic mass is 31.2. The fraction of sp³-hybridized carbons (Fsp3) is 0.529. The third-order valence-corrected chi connectivity index (χ3v) is 5.37. The number of esters is 1. The summed E-state index contributed by atoms with van der Waals surface area (Å²) in [6, 6.07) is 4.58. The number of aromatic nitrogens is 3. The molecule has 0 unspecified atom stereocenters. The molecule has 0 spiro atoms. The van der Waals surface area contributed by atoms with E-state index in [1.807, 2.05) is 6.07 Å². The molecule has 0 bridgehead atoms. The molecule has 1 aliphatic heterocycles. The van der Waals surface area contributed by atoms with Gasteiger partial charge in [-0.1, -0.05) is 13.8 Å². The van der Waals surface area contributed by atoms with E-state index in [0.29, 0.717) is 0 Å². The van der Waals surface area contributed by atoms with Crippen molar-refractivity contribution in [2.45, 2.75) is 44.5 Å². The summed E-state index contributed by atoms with van der Waals surface area (Å²) in [6.07, 6.45) is -3.44. The van der Waals surface area contributed by atoms with Crippen LogP contribution in [0.25, 0.3) is 5.52 Å². The maximum Gasteiger partial charge on any atom is 0.471 e. The number of phosphoric acid groups is 1. The summed E-state index contributed by atoms with van der Waals surface area (Å²) in [5.74, 6) is -0.963. The summed E-state index contributed by atoms with van der Waals surface area (Å²) in [7, 11) is -4.78. The van der Waals surface area contributed by atoms with Crippen LogP contribution in [0.3, 0.4) is 0 Å². The number of rotatable bonds is 7. The lowest BCUT2D eigenvalue weighted by Gasteiger charge is -2.24. The highest BCUT2D eigenvalue weighted by Crippen LogP contribution is 2.40. The van der Waals surface area contributed by atoms with Crippen molar-refractivity contribution in [1.82, 2.24) is 14.2 Å². The molecule has 0 radical (unpaired) electrons. The first-order chi connectivity index (χ1) is 14.9. The number of phosphoric ester groups is 1. The van der Waals surface area contributed by atoms with Gasteiger partial charge in [-0.05, 0) is 12.1 Å². The lowest BCUT2D eigenvalue weighted by atomic mass is 9.92. The van der Waals surface area contributed by atoms with Crippen LogP contribution in [0.4, 0.5) is 0 Å². The Morgan fingerprint density at radius 3 is 2.72 bits per heavy atom. The van der Waals surface area contributed by atoms with Gasteiger partial charge in [-0.2, -0.15) is 10.4 Å². The topological polar surface area (TPSA) is 213 Å². The van der Waals surface area contributed by atoms with Crippen LogP contribution in [-0.4, -0.2) is 65.1 Å². The summed E-state index contributed by atoms with van der Waals surface area (Å²) >= 11 is 0. The Labute approximate surface area is 180 Å². The lowest BCUT2D eigenvalue weighted by Crippen LogP contribution is -2.41. The molecular weight excluding hydrogens is 449 g/mol. The number of carbonyl (C=O) groups is 1. The van der Waals surface area contributed by atoms with Crippen LogP contribution in [0, 0.1) is 22.7 Å². The van der Waals surface area contributed by atoms with Gasteiger partial charge in [-0.25, -0.2) is 9.08 Å². The molecule has 32 heavy (non-hydrogen) atoms. The zero-order valence-electron chi connectivity index (χ0n) is 17.0. The van der Waals surface area contributed by atoms with Crippen LogP contribution in [0.15, 0.2) is 18.5 Å². The van der Waals surface area contributed by atoms with Gasteiger partial charge >= 0.3 is 13.8 Å². The minimum absolute atomic E-state index is 0.00390. The predicted molar refractivity (Wildman–Crippen MR) is 102 cm³/mol. The molecule has 14 nitrogen and oxygen atoms in total. The van der Waals surface area contributed by atoms with Crippen molar-refractivity contribution in [3.05, 3.63) is 29.6 Å². The van der Waals surface area contributed by atoms with E-state index in [1.54, 1.807) is 13.8 Å². The molecule has 1 fully saturated rings. The van der Waals surface area contributed by atoms with Gasteiger partial charge in [-0.15, -0.1) is 0 Å². The molecule has 0 saturated carbocycles. The van der Waals surface area contributed by atoms with Gasteiger partial charge in [0.2, 0.25) is 5.60 Å². The summed E-state index contributed by atoms with van der Waals surface area (Å²) in [4.78, 5) is 29.4. The van der Waals surface area contributed by atoms with Crippen molar-refractivity contribution in [2.24, 2.45) is 5.92 Å². The predicted octanol–water partition coefficient (Wildman–Crippen LogP) is -1.28. The molecule has 3 heterocycles. The Hall–Kier alpha value is -2.63. The first-order valence-corrected chi connectivity index (χ1v) is 10.9. The minimum atomic E-state index is -4.78. The highest BCUT2D eigenvalue weighted by molar-refractivity contribution is 7.46. The van der Waals surface area contributed by atoms with Crippen LogP contribution < -0.4 is 5.49 Å². The fourth-order valence-corrected chi connectivity index (χ4v) is 3.49. The van der Waals surface area contributed by atoms with Crippen molar-refractivity contribution >= 4 is 19.3 Å². The van der Waals surface area contributed by atoms with Gasteiger partial charge in [0, 0.05) is 0 Å². The molecule has 5 N–H and O–H groups in total. The normalized spacial score (nSPS) is 25.9. The van der Waals surface area contributed by atoms with E-state index in [-0.39, 0.29) is 16.7 Å². The maximum absolute atomic E-state index is 11.7. The SMILES string of the molecule is CC(C)C(=O)OC[C@H]1O[C@@](C#N)(c2ccc3c(=N)n(COP(=O)(O)O)cnn23)[C@H](O)[C@@H]1O. The number of carbonyl (C=O) groups excluding carboxylic acids is 1. The molecule has 1 saturated heterocycles. The first kappa shape index (κ1) is 24.0. The van der Waals surface area contributed by atoms with Crippen LogP contribution in [-0.2, 0) is 35.7 Å². The van der Waals surface area contributed by atoms with Crippen LogP contribution >= 0.6 is 7.82 Å². The van der Waals surface area contributed by atoms with Crippen molar-refractivity contribution in [1.29, 1.82) is 10.7 Å². The molecule has 1 aliphatic rings. The Balaban J connectivity index is 1.94. The Bertz CT molecular complexity index is 1170. The van der Waals surface area contributed by atoms with Crippen molar-refractivity contribution in [3.8, 4) is 6.07 Å². The van der Waals surface area contributed by atoms with Gasteiger partial charge in [0.05, 0.1) is 11.6 Å². The second kappa shape index (κ2) is 8.72. The van der Waals surface area contributed by atoms with E-state index in [0.717, 1.165) is 15.4 Å². The Morgan fingerprint density at radius 2 is 2.12 bits per heavy atom. The van der Waals surface area contributed by atoms with E-state index < -0.39 is 57.0 Å². The molecule has 3 rings (SSSR count). The summed E-state index contributed by atoms with van der Waals surface area (Å²) in [6.45, 7) is 2.20. The monoisotopic (exact) mass is 471 g/mol.